The van der Waals surface area contributed by atoms with Crippen LogP contribution in [0.1, 0.15) is 30.2 Å². The van der Waals surface area contributed by atoms with Gasteiger partial charge in [0.05, 0.1) is 11.8 Å². The maximum atomic E-state index is 12.8. The van der Waals surface area contributed by atoms with Gasteiger partial charge in [-0.1, -0.05) is 30.3 Å². The van der Waals surface area contributed by atoms with Crippen molar-refractivity contribution in [3.8, 4) is 0 Å². The lowest BCUT2D eigenvalue weighted by molar-refractivity contribution is 0.0998. The summed E-state index contributed by atoms with van der Waals surface area (Å²) in [7, 11) is 3.01. The number of nitrogens with zero attached hydrogens (tertiary/aromatic N) is 6. The molecular weight excluding hydrogens is 360 g/mol. The molecule has 1 aromatic carbocycles. The number of hydrogen-bond donors (Lipinski definition) is 0. The minimum Gasteiger partial charge on any atom is -0.294 e. The normalized spacial score (nSPS) is 16.2. The van der Waals surface area contributed by atoms with E-state index in [-0.39, 0.29) is 24.0 Å². The zero-order chi connectivity index (χ0) is 20.2. The fourth-order valence-corrected chi connectivity index (χ4v) is 3.41. The summed E-state index contributed by atoms with van der Waals surface area (Å²) in [5.74, 6) is 0.253. The molecule has 1 aliphatic heterocycles. The second kappa shape index (κ2) is 6.29. The lowest BCUT2D eigenvalue weighted by atomic mass is 10.1. The predicted molar refractivity (Wildman–Crippen MR) is 106 cm³/mol. The highest BCUT2D eigenvalue weighted by Crippen LogP contribution is 2.29. The number of aromatic nitrogens is 4. The number of benzene rings is 1. The van der Waals surface area contributed by atoms with E-state index in [1.54, 1.807) is 35.9 Å². The van der Waals surface area contributed by atoms with Gasteiger partial charge in [-0.25, -0.2) is 9.80 Å². The fourth-order valence-electron chi connectivity index (χ4n) is 3.41. The maximum absolute atomic E-state index is 12.8. The zero-order valence-electron chi connectivity index (χ0n) is 16.1. The van der Waals surface area contributed by atoms with E-state index < -0.39 is 11.2 Å². The molecule has 0 fully saturated rings. The van der Waals surface area contributed by atoms with Gasteiger partial charge in [-0.3, -0.25) is 23.3 Å². The Hall–Kier alpha value is -3.49. The van der Waals surface area contributed by atoms with Gasteiger partial charge in [0.25, 0.3) is 5.56 Å². The highest BCUT2D eigenvalue weighted by Gasteiger charge is 2.31. The molecule has 3 aromatic rings. The molecule has 0 spiro atoms. The molecule has 1 aliphatic rings. The molecule has 0 radical (unpaired) electrons. The molecule has 0 unspecified atom stereocenters. The van der Waals surface area contributed by atoms with Crippen molar-refractivity contribution < 1.29 is 4.79 Å². The van der Waals surface area contributed by atoms with Crippen LogP contribution >= 0.6 is 0 Å². The number of imidazole rings is 1. The smallest absolute Gasteiger partial charge is 0.294 e. The number of carbonyl (C=O) groups is 1. The number of aryl methyl sites for hydroxylation is 1. The van der Waals surface area contributed by atoms with Crippen molar-refractivity contribution in [3.05, 3.63) is 56.7 Å². The van der Waals surface area contributed by atoms with E-state index in [2.05, 4.69) is 10.1 Å². The van der Waals surface area contributed by atoms with E-state index in [0.29, 0.717) is 17.0 Å². The van der Waals surface area contributed by atoms with Crippen molar-refractivity contribution in [2.24, 2.45) is 19.2 Å². The van der Waals surface area contributed by atoms with Crippen LogP contribution in [0.2, 0.25) is 0 Å². The molecule has 0 bridgehead atoms. The number of fused-ring (bicyclic) bond motifs is 3. The second-order valence-corrected chi connectivity index (χ2v) is 6.92. The van der Waals surface area contributed by atoms with Crippen LogP contribution in [0.15, 0.2) is 45.0 Å². The van der Waals surface area contributed by atoms with Gasteiger partial charge in [0.15, 0.2) is 16.9 Å². The Kier molecular flexibility index (Phi) is 4.02. The van der Waals surface area contributed by atoms with Gasteiger partial charge in [0.2, 0.25) is 5.95 Å². The zero-order valence-corrected chi connectivity index (χ0v) is 16.1. The van der Waals surface area contributed by atoms with Crippen molar-refractivity contribution in [1.29, 1.82) is 0 Å². The molecule has 4 rings (SSSR count). The first kappa shape index (κ1) is 17.9. The molecule has 28 heavy (non-hydrogen) atoms. The van der Waals surface area contributed by atoms with Crippen molar-refractivity contribution in [3.63, 3.8) is 0 Å². The summed E-state index contributed by atoms with van der Waals surface area (Å²) in [6.07, 6.45) is 0. The lowest BCUT2D eigenvalue weighted by Gasteiger charge is -2.28. The summed E-state index contributed by atoms with van der Waals surface area (Å²) in [6, 6.07) is 8.70. The van der Waals surface area contributed by atoms with Crippen LogP contribution in [0.25, 0.3) is 11.2 Å². The van der Waals surface area contributed by atoms with Gasteiger partial charge in [-0.15, -0.1) is 0 Å². The highest BCUT2D eigenvalue weighted by molar-refractivity contribution is 6.00. The number of hydrazone groups is 1. The van der Waals surface area contributed by atoms with Crippen LogP contribution in [0.4, 0.5) is 5.95 Å². The van der Waals surface area contributed by atoms with Crippen molar-refractivity contribution in [2.75, 3.05) is 11.6 Å². The average molecular weight is 380 g/mol. The van der Waals surface area contributed by atoms with Crippen LogP contribution in [0, 0.1) is 0 Å². The van der Waals surface area contributed by atoms with Gasteiger partial charge < -0.3 is 0 Å². The molecule has 0 N–H and O–H groups in total. The van der Waals surface area contributed by atoms with Gasteiger partial charge in [-0.2, -0.15) is 10.1 Å². The van der Waals surface area contributed by atoms with Gasteiger partial charge >= 0.3 is 5.69 Å². The largest absolute Gasteiger partial charge is 0.332 e. The summed E-state index contributed by atoms with van der Waals surface area (Å²) >= 11 is 0. The SMILES string of the molecule is CC1=NN(CC(=O)c2ccccc2)c2nc3c(c(=O)n(C)c(=O)n3C)n2[C@H]1C. The summed E-state index contributed by atoms with van der Waals surface area (Å²) in [5.41, 5.74) is 1.02. The second-order valence-electron chi connectivity index (χ2n) is 6.92. The third kappa shape index (κ3) is 2.50. The van der Waals surface area contributed by atoms with Gasteiger partial charge in [0.1, 0.15) is 6.54 Å². The first-order valence-corrected chi connectivity index (χ1v) is 8.90. The Labute approximate surface area is 160 Å². The number of Topliss-reactive ketones (excluding diaryl/α,β-unsaturated/α-hetero) is 1. The van der Waals surface area contributed by atoms with Crippen LogP contribution in [-0.4, -0.2) is 36.7 Å². The number of anilines is 1. The molecule has 2 aromatic heterocycles. The van der Waals surface area contributed by atoms with Crippen molar-refractivity contribution in [2.45, 2.75) is 19.9 Å². The van der Waals surface area contributed by atoms with E-state index in [1.165, 1.54) is 16.6 Å². The molecule has 144 valence electrons. The monoisotopic (exact) mass is 380 g/mol. The van der Waals surface area contributed by atoms with Gasteiger partial charge in [0, 0.05) is 19.7 Å². The standard InChI is InChI=1S/C19H20N6O3/c1-11-12(2)25-15-16(22(3)19(28)23(4)17(15)27)20-18(25)24(21-11)10-14(26)13-8-6-5-7-9-13/h5-9,12H,10H2,1-4H3/t12-/m0/s1. The third-order valence-electron chi connectivity index (χ3n) is 5.16. The van der Waals surface area contributed by atoms with Crippen LogP contribution < -0.4 is 16.3 Å². The topological polar surface area (TPSA) is 94.5 Å². The summed E-state index contributed by atoms with van der Waals surface area (Å²) < 4.78 is 4.14. The minimum atomic E-state index is -0.454. The number of rotatable bonds is 3. The molecule has 3 heterocycles. The van der Waals surface area contributed by atoms with Crippen molar-refractivity contribution in [1.82, 2.24) is 18.7 Å². The van der Waals surface area contributed by atoms with E-state index in [0.717, 1.165) is 10.3 Å². The number of ketones is 1. The summed E-state index contributed by atoms with van der Waals surface area (Å²) in [5, 5.41) is 6.01. The Morgan fingerprint density at radius 1 is 1.11 bits per heavy atom. The first-order chi connectivity index (χ1) is 13.3. The minimum absolute atomic E-state index is 0.0222. The Morgan fingerprint density at radius 2 is 1.79 bits per heavy atom. The third-order valence-corrected chi connectivity index (χ3v) is 5.16. The number of carbonyl (C=O) groups excluding carboxylic acids is 1. The predicted octanol–water partition coefficient (Wildman–Crippen LogP) is 1.07. The summed E-state index contributed by atoms with van der Waals surface area (Å²) in [6.45, 7) is 3.72. The van der Waals surface area contributed by atoms with E-state index >= 15 is 0 Å². The van der Waals surface area contributed by atoms with Gasteiger partial charge in [-0.05, 0) is 13.8 Å². The Morgan fingerprint density at radius 3 is 2.46 bits per heavy atom. The van der Waals surface area contributed by atoms with Crippen LogP contribution in [0.5, 0.6) is 0 Å². The maximum Gasteiger partial charge on any atom is 0.332 e. The molecule has 0 amide bonds. The van der Waals surface area contributed by atoms with E-state index in [9.17, 15) is 14.4 Å². The fraction of sp³-hybridized carbons (Fsp3) is 0.316. The average Bonchev–Trinajstić information content (AvgIpc) is 3.10. The molecule has 1 atom stereocenters. The highest BCUT2D eigenvalue weighted by atomic mass is 16.2. The molecule has 9 nitrogen and oxygen atoms in total. The van der Waals surface area contributed by atoms with Crippen LogP contribution in [0.3, 0.4) is 0 Å². The molecule has 0 saturated carbocycles. The van der Waals surface area contributed by atoms with E-state index in [1.807, 2.05) is 19.9 Å². The Balaban J connectivity index is 1.90. The van der Waals surface area contributed by atoms with Crippen LogP contribution in [-0.2, 0) is 14.1 Å². The quantitative estimate of drug-likeness (QED) is 0.634. The number of hydrogen-bond acceptors (Lipinski definition) is 6. The molecular formula is C19H20N6O3. The molecule has 9 heteroatoms. The lowest BCUT2D eigenvalue weighted by Crippen LogP contribution is -2.39. The molecule has 0 saturated heterocycles. The van der Waals surface area contributed by atoms with Crippen molar-refractivity contribution >= 4 is 28.6 Å². The first-order valence-electron chi connectivity index (χ1n) is 8.90. The Bertz CT molecular complexity index is 1250. The summed E-state index contributed by atoms with van der Waals surface area (Å²) in [4.78, 5) is 42.3. The van der Waals surface area contributed by atoms with E-state index in [4.69, 9.17) is 0 Å². The molecule has 0 aliphatic carbocycles.